The van der Waals surface area contributed by atoms with Crippen molar-refractivity contribution >= 4 is 15.7 Å². The number of sulfone groups is 1. The molecule has 0 aliphatic heterocycles. The number of nitrogens with one attached hydrogen (secondary N) is 1. The molecule has 4 nitrogen and oxygen atoms in total. The summed E-state index contributed by atoms with van der Waals surface area (Å²) in [5.41, 5.74) is 2.01. The van der Waals surface area contributed by atoms with Gasteiger partial charge in [0.25, 0.3) is 0 Å². The molecule has 0 aliphatic carbocycles. The number of carbonyl (C=O) groups is 1. The van der Waals surface area contributed by atoms with Gasteiger partial charge in [0.2, 0.25) is 5.91 Å². The smallest absolute Gasteiger partial charge is 0.224 e. The maximum atomic E-state index is 12.4. The standard InChI is InChI=1S/C22H29NO3S/c1-5-27(25,26)20-13-11-18(12-14-20)15-21(24)23-17(2)16-22(3,4)19-9-7-6-8-10-19/h6-14,17H,5,15-16H2,1-4H3,(H,23,24). The number of hydrogen-bond donors (Lipinski definition) is 1. The lowest BCUT2D eigenvalue weighted by Crippen LogP contribution is -2.38. The van der Waals surface area contributed by atoms with Gasteiger partial charge in [0.1, 0.15) is 0 Å². The summed E-state index contributed by atoms with van der Waals surface area (Å²) in [4.78, 5) is 12.7. The molecule has 2 rings (SSSR count). The van der Waals surface area contributed by atoms with Gasteiger partial charge in [-0.1, -0.05) is 63.2 Å². The molecular formula is C22H29NO3S. The maximum absolute atomic E-state index is 12.4. The van der Waals surface area contributed by atoms with Gasteiger partial charge in [-0.25, -0.2) is 8.42 Å². The van der Waals surface area contributed by atoms with Gasteiger partial charge >= 0.3 is 0 Å². The summed E-state index contributed by atoms with van der Waals surface area (Å²) in [5.74, 6) is 0.0131. The molecule has 0 bridgehead atoms. The van der Waals surface area contributed by atoms with Gasteiger partial charge in [-0.2, -0.15) is 0 Å². The lowest BCUT2D eigenvalue weighted by atomic mass is 9.79. The number of rotatable bonds is 8. The highest BCUT2D eigenvalue weighted by molar-refractivity contribution is 7.91. The monoisotopic (exact) mass is 387 g/mol. The van der Waals surface area contributed by atoms with Gasteiger partial charge in [0.15, 0.2) is 9.84 Å². The summed E-state index contributed by atoms with van der Waals surface area (Å²) in [7, 11) is -3.21. The van der Waals surface area contributed by atoms with Crippen LogP contribution in [0.5, 0.6) is 0 Å². The Bertz CT molecular complexity index is 856. The minimum Gasteiger partial charge on any atom is -0.353 e. The minimum absolute atomic E-state index is 0.0347. The zero-order valence-corrected chi connectivity index (χ0v) is 17.3. The Balaban J connectivity index is 1.93. The van der Waals surface area contributed by atoms with E-state index in [2.05, 4.69) is 31.3 Å². The molecule has 5 heteroatoms. The molecule has 1 amide bonds. The van der Waals surface area contributed by atoms with E-state index in [4.69, 9.17) is 0 Å². The first-order valence-electron chi connectivity index (χ1n) is 9.30. The molecule has 0 aliphatic rings. The van der Waals surface area contributed by atoms with Gasteiger partial charge in [-0.3, -0.25) is 4.79 Å². The van der Waals surface area contributed by atoms with Crippen molar-refractivity contribution in [2.45, 2.75) is 56.9 Å². The minimum atomic E-state index is -3.21. The summed E-state index contributed by atoms with van der Waals surface area (Å²) in [6.45, 7) is 7.99. The normalized spacial score (nSPS) is 13.2. The molecule has 0 heterocycles. The fourth-order valence-electron chi connectivity index (χ4n) is 3.32. The molecule has 0 fully saturated rings. The van der Waals surface area contributed by atoms with E-state index in [9.17, 15) is 13.2 Å². The highest BCUT2D eigenvalue weighted by Gasteiger charge is 2.24. The zero-order chi connectivity index (χ0) is 20.1. The average molecular weight is 388 g/mol. The topological polar surface area (TPSA) is 63.2 Å². The average Bonchev–Trinajstić information content (AvgIpc) is 2.62. The van der Waals surface area contributed by atoms with E-state index in [1.54, 1.807) is 31.2 Å². The van der Waals surface area contributed by atoms with Gasteiger partial charge in [-0.05, 0) is 42.0 Å². The molecule has 0 saturated heterocycles. The van der Waals surface area contributed by atoms with Crippen molar-refractivity contribution in [1.29, 1.82) is 0 Å². The number of carbonyl (C=O) groups excluding carboxylic acids is 1. The summed E-state index contributed by atoms with van der Waals surface area (Å²) in [6, 6.07) is 16.9. The van der Waals surface area contributed by atoms with E-state index in [0.29, 0.717) is 4.90 Å². The third-order valence-corrected chi connectivity index (χ3v) is 6.56. The molecule has 1 N–H and O–H groups in total. The van der Waals surface area contributed by atoms with Crippen LogP contribution in [0.2, 0.25) is 0 Å². The fraction of sp³-hybridized carbons (Fsp3) is 0.409. The molecule has 0 saturated carbocycles. The van der Waals surface area contributed by atoms with Crippen LogP contribution in [0, 0.1) is 0 Å². The summed E-state index contributed by atoms with van der Waals surface area (Å²) in [6.07, 6.45) is 1.07. The van der Waals surface area contributed by atoms with Crippen molar-refractivity contribution in [3.63, 3.8) is 0 Å². The highest BCUT2D eigenvalue weighted by atomic mass is 32.2. The molecule has 0 radical (unpaired) electrons. The lowest BCUT2D eigenvalue weighted by Gasteiger charge is -2.29. The van der Waals surface area contributed by atoms with Gasteiger partial charge in [0, 0.05) is 6.04 Å². The third kappa shape index (κ3) is 5.93. The van der Waals surface area contributed by atoms with Gasteiger partial charge in [-0.15, -0.1) is 0 Å². The number of benzene rings is 2. The fourth-order valence-corrected chi connectivity index (χ4v) is 4.20. The molecule has 0 aromatic heterocycles. The van der Waals surface area contributed by atoms with E-state index in [1.807, 2.05) is 25.1 Å². The molecule has 146 valence electrons. The Kier molecular flexibility index (Phi) is 6.82. The van der Waals surface area contributed by atoms with Crippen molar-refractivity contribution in [2.24, 2.45) is 0 Å². The summed E-state index contributed by atoms with van der Waals surface area (Å²) in [5, 5.41) is 3.05. The molecule has 2 aromatic carbocycles. The second-order valence-electron chi connectivity index (χ2n) is 7.65. The zero-order valence-electron chi connectivity index (χ0n) is 16.5. The molecule has 1 unspecified atom stereocenters. The van der Waals surface area contributed by atoms with Crippen LogP contribution in [0.25, 0.3) is 0 Å². The van der Waals surface area contributed by atoms with Crippen LogP contribution >= 0.6 is 0 Å². The Morgan fingerprint density at radius 2 is 1.63 bits per heavy atom. The molecule has 1 atom stereocenters. The van der Waals surface area contributed by atoms with E-state index in [-0.39, 0.29) is 29.5 Å². The number of amides is 1. The van der Waals surface area contributed by atoms with E-state index in [1.165, 1.54) is 5.56 Å². The van der Waals surface area contributed by atoms with E-state index in [0.717, 1.165) is 12.0 Å². The Morgan fingerprint density at radius 1 is 1.04 bits per heavy atom. The quantitative estimate of drug-likeness (QED) is 0.747. The van der Waals surface area contributed by atoms with E-state index >= 15 is 0 Å². The SMILES string of the molecule is CCS(=O)(=O)c1ccc(CC(=O)NC(C)CC(C)(C)c2ccccc2)cc1. The van der Waals surface area contributed by atoms with Crippen LogP contribution in [0.4, 0.5) is 0 Å². The van der Waals surface area contributed by atoms with Gasteiger partial charge < -0.3 is 5.32 Å². The van der Waals surface area contributed by atoms with Crippen molar-refractivity contribution in [3.8, 4) is 0 Å². The van der Waals surface area contributed by atoms with Crippen molar-refractivity contribution in [1.82, 2.24) is 5.32 Å². The largest absolute Gasteiger partial charge is 0.353 e. The Hall–Kier alpha value is -2.14. The predicted octanol–water partition coefficient (Wildman–Crippen LogP) is 3.90. The summed E-state index contributed by atoms with van der Waals surface area (Å²) >= 11 is 0. The first-order valence-corrected chi connectivity index (χ1v) is 11.0. The van der Waals surface area contributed by atoms with Crippen LogP contribution in [-0.4, -0.2) is 26.1 Å². The first-order chi connectivity index (χ1) is 12.6. The number of hydrogen-bond acceptors (Lipinski definition) is 3. The van der Waals surface area contributed by atoms with Crippen LogP contribution in [0.15, 0.2) is 59.5 Å². The van der Waals surface area contributed by atoms with Crippen LogP contribution in [-0.2, 0) is 26.5 Å². The lowest BCUT2D eigenvalue weighted by molar-refractivity contribution is -0.121. The van der Waals surface area contributed by atoms with Gasteiger partial charge in [0.05, 0.1) is 17.1 Å². The summed E-state index contributed by atoms with van der Waals surface area (Å²) < 4.78 is 23.7. The highest BCUT2D eigenvalue weighted by Crippen LogP contribution is 2.28. The maximum Gasteiger partial charge on any atom is 0.224 e. The van der Waals surface area contributed by atoms with E-state index < -0.39 is 9.84 Å². The van der Waals surface area contributed by atoms with Crippen molar-refractivity contribution in [3.05, 3.63) is 65.7 Å². The third-order valence-electron chi connectivity index (χ3n) is 4.81. The van der Waals surface area contributed by atoms with Crippen LogP contribution in [0.3, 0.4) is 0 Å². The predicted molar refractivity (Wildman–Crippen MR) is 110 cm³/mol. The Labute approximate surface area is 162 Å². The molecule has 0 spiro atoms. The first kappa shape index (κ1) is 21.2. The van der Waals surface area contributed by atoms with Crippen LogP contribution in [0.1, 0.15) is 45.2 Å². The Morgan fingerprint density at radius 3 is 2.19 bits per heavy atom. The second-order valence-corrected chi connectivity index (χ2v) is 9.92. The molecular weight excluding hydrogens is 358 g/mol. The van der Waals surface area contributed by atoms with Crippen molar-refractivity contribution < 1.29 is 13.2 Å². The van der Waals surface area contributed by atoms with Crippen molar-refractivity contribution in [2.75, 3.05) is 5.75 Å². The molecule has 2 aromatic rings. The second kappa shape index (κ2) is 8.70. The molecule has 27 heavy (non-hydrogen) atoms. The van der Waals surface area contributed by atoms with Crippen LogP contribution < -0.4 is 5.32 Å².